The number of benzene rings is 1. The van der Waals surface area contributed by atoms with Gasteiger partial charge >= 0.3 is 6.03 Å². The van der Waals surface area contributed by atoms with Crippen LogP contribution in [0.5, 0.6) is 0 Å². The molecular weight excluding hydrogens is 328 g/mol. The van der Waals surface area contributed by atoms with Gasteiger partial charge in [-0.3, -0.25) is 0 Å². The third kappa shape index (κ3) is 3.30. The number of nitrogens with zero attached hydrogens (tertiary/aromatic N) is 2. The van der Waals surface area contributed by atoms with E-state index in [1.807, 2.05) is 24.3 Å². The number of aromatic nitrogens is 1. The number of hydrogen-bond acceptors (Lipinski definition) is 4. The van der Waals surface area contributed by atoms with E-state index in [1.54, 1.807) is 0 Å². The first-order valence-corrected chi connectivity index (χ1v) is 9.26. The van der Waals surface area contributed by atoms with Gasteiger partial charge in [0.25, 0.3) is 0 Å². The van der Waals surface area contributed by atoms with Gasteiger partial charge in [-0.25, -0.2) is 4.79 Å². The van der Waals surface area contributed by atoms with Gasteiger partial charge in [-0.1, -0.05) is 30.1 Å². The van der Waals surface area contributed by atoms with E-state index in [-0.39, 0.29) is 12.1 Å². The van der Waals surface area contributed by atoms with Gasteiger partial charge in [0.15, 0.2) is 0 Å². The van der Waals surface area contributed by atoms with Crippen LogP contribution < -0.4 is 10.6 Å². The Kier molecular flexibility index (Phi) is 4.61. The normalized spacial score (nSPS) is 19.1. The van der Waals surface area contributed by atoms with Gasteiger partial charge in [0.05, 0.1) is 24.2 Å². The van der Waals surface area contributed by atoms with E-state index < -0.39 is 0 Å². The van der Waals surface area contributed by atoms with Gasteiger partial charge in [-0.05, 0) is 42.9 Å². The zero-order valence-corrected chi connectivity index (χ0v) is 14.6. The summed E-state index contributed by atoms with van der Waals surface area (Å²) >= 11 is 0. The molecule has 1 heterocycles. The predicted octanol–water partition coefficient (Wildman–Crippen LogP) is 3.69. The summed E-state index contributed by atoms with van der Waals surface area (Å²) in [5, 5.41) is 19.1. The molecule has 134 valence electrons. The summed E-state index contributed by atoms with van der Waals surface area (Å²) in [7, 11) is 0. The first-order chi connectivity index (χ1) is 12.7. The van der Waals surface area contributed by atoms with Crippen molar-refractivity contribution in [2.24, 2.45) is 0 Å². The second-order valence-corrected chi connectivity index (χ2v) is 7.11. The van der Waals surface area contributed by atoms with Crippen molar-refractivity contribution >= 4 is 6.03 Å². The quantitative estimate of drug-likeness (QED) is 0.880. The molecule has 0 unspecified atom stereocenters. The number of urea groups is 1. The molecule has 1 aromatic carbocycles. The third-order valence-corrected chi connectivity index (χ3v) is 5.46. The number of carbonyl (C=O) groups excluding carboxylic acids is 1. The lowest BCUT2D eigenvalue weighted by Crippen LogP contribution is -2.37. The average molecular weight is 350 g/mol. The molecule has 0 spiro atoms. The monoisotopic (exact) mass is 350 g/mol. The van der Waals surface area contributed by atoms with Gasteiger partial charge in [0.2, 0.25) is 0 Å². The van der Waals surface area contributed by atoms with Crippen LogP contribution in [0.2, 0.25) is 0 Å². The lowest BCUT2D eigenvalue weighted by atomic mass is 10.0. The molecule has 6 heteroatoms. The first kappa shape index (κ1) is 16.6. The maximum absolute atomic E-state index is 12.3. The topological polar surface area (TPSA) is 91.0 Å². The minimum Gasteiger partial charge on any atom is -0.361 e. The smallest absolute Gasteiger partial charge is 0.315 e. The number of hydrogen-bond donors (Lipinski definition) is 2. The summed E-state index contributed by atoms with van der Waals surface area (Å²) in [6.45, 7) is 0.347. The van der Waals surface area contributed by atoms with Gasteiger partial charge in [-0.2, -0.15) is 5.26 Å². The Labute approximate surface area is 152 Å². The van der Waals surface area contributed by atoms with E-state index in [9.17, 15) is 10.1 Å². The number of rotatable bonds is 4. The number of fused-ring (bicyclic) bond motifs is 1. The highest BCUT2D eigenvalue weighted by Crippen LogP contribution is 2.34. The van der Waals surface area contributed by atoms with E-state index in [0.29, 0.717) is 18.0 Å². The highest BCUT2D eigenvalue weighted by Gasteiger charge is 2.26. The standard InChI is InChI=1S/C20H22N4O2/c21-11-14-6-3-7-17-16(14)8-9-18(17)23-20(25)22-12-15-10-19(26-24-15)13-4-1-2-5-13/h3,6-7,10,13,18H,1-2,4-5,8-9,12H2,(H2,22,23,25)/t18-/m1/s1. The minimum absolute atomic E-state index is 0.0512. The van der Waals surface area contributed by atoms with Crippen LogP contribution in [0.4, 0.5) is 4.79 Å². The molecule has 1 fully saturated rings. The maximum Gasteiger partial charge on any atom is 0.315 e. The summed E-state index contributed by atoms with van der Waals surface area (Å²) in [5.41, 5.74) is 3.55. The molecule has 1 atom stereocenters. The van der Waals surface area contributed by atoms with Crippen LogP contribution in [0.25, 0.3) is 0 Å². The lowest BCUT2D eigenvalue weighted by Gasteiger charge is -2.14. The Morgan fingerprint density at radius 1 is 1.31 bits per heavy atom. The van der Waals surface area contributed by atoms with Crippen molar-refractivity contribution in [2.45, 2.75) is 57.0 Å². The molecule has 1 saturated carbocycles. The molecule has 6 nitrogen and oxygen atoms in total. The molecule has 2 aliphatic carbocycles. The van der Waals surface area contributed by atoms with Crippen LogP contribution in [0.3, 0.4) is 0 Å². The number of amides is 2. The fraction of sp³-hybridized carbons (Fsp3) is 0.450. The van der Waals surface area contributed by atoms with E-state index in [4.69, 9.17) is 4.52 Å². The van der Waals surface area contributed by atoms with Crippen LogP contribution >= 0.6 is 0 Å². The second-order valence-electron chi connectivity index (χ2n) is 7.11. The molecule has 0 saturated heterocycles. The second kappa shape index (κ2) is 7.20. The molecule has 26 heavy (non-hydrogen) atoms. The molecule has 2 aliphatic rings. The van der Waals surface area contributed by atoms with Crippen molar-refractivity contribution in [3.8, 4) is 6.07 Å². The molecule has 2 amide bonds. The highest BCUT2D eigenvalue weighted by molar-refractivity contribution is 5.74. The summed E-state index contributed by atoms with van der Waals surface area (Å²) in [6, 6.07) is 9.59. The van der Waals surface area contributed by atoms with E-state index >= 15 is 0 Å². The Morgan fingerprint density at radius 3 is 2.96 bits per heavy atom. The Balaban J connectivity index is 1.32. The summed E-state index contributed by atoms with van der Waals surface area (Å²) < 4.78 is 5.43. The van der Waals surface area contributed by atoms with Crippen molar-refractivity contribution in [1.29, 1.82) is 5.26 Å². The average Bonchev–Trinajstić information content (AvgIpc) is 3.40. The molecule has 0 bridgehead atoms. The number of nitriles is 1. The van der Waals surface area contributed by atoms with Gasteiger partial charge in [0, 0.05) is 12.0 Å². The lowest BCUT2D eigenvalue weighted by molar-refractivity contribution is 0.236. The highest BCUT2D eigenvalue weighted by atomic mass is 16.5. The molecule has 0 radical (unpaired) electrons. The fourth-order valence-electron chi connectivity index (χ4n) is 4.10. The van der Waals surface area contributed by atoms with Crippen molar-refractivity contribution in [1.82, 2.24) is 15.8 Å². The van der Waals surface area contributed by atoms with Crippen LogP contribution in [0.1, 0.15) is 72.2 Å². The van der Waals surface area contributed by atoms with Crippen molar-refractivity contribution < 1.29 is 9.32 Å². The molecule has 4 rings (SSSR count). The van der Waals surface area contributed by atoms with Crippen LogP contribution in [-0.2, 0) is 13.0 Å². The van der Waals surface area contributed by atoms with E-state index in [2.05, 4.69) is 21.9 Å². The van der Waals surface area contributed by atoms with E-state index in [1.165, 1.54) is 12.8 Å². The Bertz CT molecular complexity index is 846. The first-order valence-electron chi connectivity index (χ1n) is 9.26. The Hall–Kier alpha value is -2.81. The molecule has 1 aromatic heterocycles. The number of carbonyl (C=O) groups is 1. The number of nitrogens with one attached hydrogen (secondary N) is 2. The Morgan fingerprint density at radius 2 is 2.15 bits per heavy atom. The van der Waals surface area contributed by atoms with E-state index in [0.717, 1.165) is 48.3 Å². The van der Waals surface area contributed by atoms with Gasteiger partial charge < -0.3 is 15.2 Å². The van der Waals surface area contributed by atoms with Gasteiger partial charge in [0.1, 0.15) is 11.5 Å². The largest absolute Gasteiger partial charge is 0.361 e. The summed E-state index contributed by atoms with van der Waals surface area (Å²) in [5.74, 6) is 1.42. The molecular formula is C20H22N4O2. The van der Waals surface area contributed by atoms with Crippen molar-refractivity contribution in [3.63, 3.8) is 0 Å². The molecule has 0 aliphatic heterocycles. The summed E-state index contributed by atoms with van der Waals surface area (Å²) in [6.07, 6.45) is 6.45. The van der Waals surface area contributed by atoms with Crippen LogP contribution in [-0.4, -0.2) is 11.2 Å². The van der Waals surface area contributed by atoms with Crippen LogP contribution in [0.15, 0.2) is 28.8 Å². The SMILES string of the molecule is N#Cc1cccc2c1CC[C@H]2NC(=O)NCc1cc(C2CCCC2)on1. The predicted molar refractivity (Wildman–Crippen MR) is 95.3 cm³/mol. The fourth-order valence-corrected chi connectivity index (χ4v) is 4.10. The van der Waals surface area contributed by atoms with Crippen LogP contribution in [0, 0.1) is 11.3 Å². The minimum atomic E-state index is -0.226. The van der Waals surface area contributed by atoms with Crippen molar-refractivity contribution in [2.75, 3.05) is 0 Å². The van der Waals surface area contributed by atoms with Crippen molar-refractivity contribution in [3.05, 3.63) is 52.4 Å². The zero-order chi connectivity index (χ0) is 17.9. The molecule has 2 aromatic rings. The third-order valence-electron chi connectivity index (χ3n) is 5.46. The zero-order valence-electron chi connectivity index (χ0n) is 14.6. The van der Waals surface area contributed by atoms with Gasteiger partial charge in [-0.15, -0.1) is 0 Å². The maximum atomic E-state index is 12.3. The summed E-state index contributed by atoms with van der Waals surface area (Å²) in [4.78, 5) is 12.3. The molecule has 2 N–H and O–H groups in total.